The molecule has 0 aromatic carbocycles. The molecule has 46 heavy (non-hydrogen) atoms. The SMILES string of the molecule is CCCCCCCCCCCCCCC(CCCCCCCCCCCCCC)(CCCCCCCCCCCCCC)C(C)N. The van der Waals surface area contributed by atoms with Crippen molar-refractivity contribution in [1.29, 1.82) is 0 Å². The van der Waals surface area contributed by atoms with Gasteiger partial charge >= 0.3 is 0 Å². The van der Waals surface area contributed by atoms with Crippen LogP contribution in [0, 0.1) is 5.41 Å². The fourth-order valence-electron chi connectivity index (χ4n) is 8.01. The molecule has 0 aliphatic heterocycles. The largest absolute Gasteiger partial charge is 0.327 e. The summed E-state index contributed by atoms with van der Waals surface area (Å²) in [7, 11) is 0. The minimum Gasteiger partial charge on any atom is -0.327 e. The van der Waals surface area contributed by atoms with Crippen molar-refractivity contribution in [3.8, 4) is 0 Å². The van der Waals surface area contributed by atoms with Crippen LogP contribution in [0.3, 0.4) is 0 Å². The smallest absolute Gasteiger partial charge is 0.00670 e. The van der Waals surface area contributed by atoms with E-state index < -0.39 is 0 Å². The van der Waals surface area contributed by atoms with Crippen molar-refractivity contribution in [3.63, 3.8) is 0 Å². The summed E-state index contributed by atoms with van der Waals surface area (Å²) in [5, 5.41) is 0. The van der Waals surface area contributed by atoms with Crippen molar-refractivity contribution in [2.75, 3.05) is 0 Å². The highest BCUT2D eigenvalue weighted by Crippen LogP contribution is 2.40. The quantitative estimate of drug-likeness (QED) is 0.0658. The highest BCUT2D eigenvalue weighted by Gasteiger charge is 2.32. The molecule has 0 amide bonds. The Morgan fingerprint density at radius 2 is 0.435 bits per heavy atom. The number of unbranched alkanes of at least 4 members (excludes halogenated alkanes) is 33. The van der Waals surface area contributed by atoms with Gasteiger partial charge in [0.1, 0.15) is 0 Å². The topological polar surface area (TPSA) is 26.0 Å². The van der Waals surface area contributed by atoms with Gasteiger partial charge in [-0.15, -0.1) is 0 Å². The normalized spacial score (nSPS) is 12.7. The lowest BCUT2D eigenvalue weighted by Crippen LogP contribution is -2.39. The molecule has 0 aliphatic carbocycles. The molecule has 1 heteroatoms. The van der Waals surface area contributed by atoms with Crippen LogP contribution < -0.4 is 5.73 Å². The van der Waals surface area contributed by atoms with Gasteiger partial charge in [0.25, 0.3) is 0 Å². The van der Waals surface area contributed by atoms with E-state index in [-0.39, 0.29) is 0 Å². The third-order valence-corrected chi connectivity index (χ3v) is 11.6. The Balaban J connectivity index is 4.36. The summed E-state index contributed by atoms with van der Waals surface area (Å²) in [4.78, 5) is 0. The molecule has 0 aromatic heterocycles. The van der Waals surface area contributed by atoms with Crippen LogP contribution >= 0.6 is 0 Å². The van der Waals surface area contributed by atoms with Crippen LogP contribution in [0.5, 0.6) is 0 Å². The lowest BCUT2D eigenvalue weighted by atomic mass is 9.69. The van der Waals surface area contributed by atoms with E-state index in [0.717, 1.165) is 0 Å². The van der Waals surface area contributed by atoms with Crippen LogP contribution in [0.25, 0.3) is 0 Å². The van der Waals surface area contributed by atoms with Crippen molar-refractivity contribution >= 4 is 0 Å². The molecule has 0 radical (unpaired) electrons. The van der Waals surface area contributed by atoms with Crippen LogP contribution in [0.15, 0.2) is 0 Å². The molecular formula is C45H93N. The molecule has 0 spiro atoms. The van der Waals surface area contributed by atoms with Crippen molar-refractivity contribution in [1.82, 2.24) is 0 Å². The predicted molar refractivity (Wildman–Crippen MR) is 213 cm³/mol. The summed E-state index contributed by atoms with van der Waals surface area (Å²) in [5.41, 5.74) is 7.29. The second kappa shape index (κ2) is 37.8. The Bertz CT molecular complexity index is 470. The van der Waals surface area contributed by atoms with E-state index in [0.29, 0.717) is 11.5 Å². The summed E-state index contributed by atoms with van der Waals surface area (Å²) in [6.07, 6.45) is 56.1. The number of hydrogen-bond donors (Lipinski definition) is 1. The standard InChI is InChI=1S/C45H93N/c1-5-8-11-14-17-20-23-26-29-32-35-38-41-45(44(4)46,42-39-36-33-30-27-24-21-18-15-12-9-6-2)43-40-37-34-31-28-25-22-19-16-13-10-7-3/h44H,5-43,46H2,1-4H3. The number of nitrogens with two attached hydrogens (primary N) is 1. The van der Waals surface area contributed by atoms with Crippen molar-refractivity contribution < 1.29 is 0 Å². The highest BCUT2D eigenvalue weighted by atomic mass is 14.7. The number of hydrogen-bond acceptors (Lipinski definition) is 1. The molecule has 0 rings (SSSR count). The average Bonchev–Trinajstić information content (AvgIpc) is 3.05. The monoisotopic (exact) mass is 648 g/mol. The predicted octanol–water partition coefficient (Wildman–Crippen LogP) is 16.6. The van der Waals surface area contributed by atoms with Gasteiger partial charge in [0.05, 0.1) is 0 Å². The third-order valence-electron chi connectivity index (χ3n) is 11.6. The third kappa shape index (κ3) is 31.2. The van der Waals surface area contributed by atoms with E-state index >= 15 is 0 Å². The van der Waals surface area contributed by atoms with Gasteiger partial charge < -0.3 is 5.73 Å². The lowest BCUT2D eigenvalue weighted by Gasteiger charge is -2.38. The molecule has 0 bridgehead atoms. The maximum absolute atomic E-state index is 6.89. The van der Waals surface area contributed by atoms with E-state index in [1.54, 1.807) is 0 Å². The first kappa shape index (κ1) is 46.0. The molecule has 0 heterocycles. The molecule has 0 saturated heterocycles. The second-order valence-electron chi connectivity index (χ2n) is 16.1. The molecule has 278 valence electrons. The Hall–Kier alpha value is -0.0400. The van der Waals surface area contributed by atoms with Gasteiger partial charge in [-0.05, 0) is 31.6 Å². The van der Waals surface area contributed by atoms with Crippen LogP contribution in [0.2, 0.25) is 0 Å². The van der Waals surface area contributed by atoms with E-state index in [2.05, 4.69) is 27.7 Å². The van der Waals surface area contributed by atoms with E-state index in [4.69, 9.17) is 5.73 Å². The molecule has 2 N–H and O–H groups in total. The maximum atomic E-state index is 6.89. The van der Waals surface area contributed by atoms with Gasteiger partial charge in [-0.2, -0.15) is 0 Å². The molecule has 1 atom stereocenters. The van der Waals surface area contributed by atoms with Gasteiger partial charge in [0.15, 0.2) is 0 Å². The summed E-state index contributed by atoms with van der Waals surface area (Å²) in [5.74, 6) is 0. The molecule has 0 fully saturated rings. The first-order valence-electron chi connectivity index (χ1n) is 22.4. The van der Waals surface area contributed by atoms with Gasteiger partial charge in [0, 0.05) is 6.04 Å². The van der Waals surface area contributed by atoms with E-state index in [1.165, 1.54) is 250 Å². The van der Waals surface area contributed by atoms with Crippen LogP contribution in [0.4, 0.5) is 0 Å². The molecule has 0 saturated carbocycles. The van der Waals surface area contributed by atoms with Crippen LogP contribution in [-0.2, 0) is 0 Å². The van der Waals surface area contributed by atoms with Gasteiger partial charge in [-0.1, -0.05) is 252 Å². The fourth-order valence-corrected chi connectivity index (χ4v) is 8.01. The fraction of sp³-hybridized carbons (Fsp3) is 1.00. The molecule has 1 nitrogen and oxygen atoms in total. The van der Waals surface area contributed by atoms with Crippen molar-refractivity contribution in [3.05, 3.63) is 0 Å². The van der Waals surface area contributed by atoms with Crippen molar-refractivity contribution in [2.45, 2.75) is 284 Å². The Morgan fingerprint density at radius 1 is 0.283 bits per heavy atom. The Morgan fingerprint density at radius 3 is 0.587 bits per heavy atom. The molecule has 1 unspecified atom stereocenters. The first-order chi connectivity index (χ1) is 22.6. The summed E-state index contributed by atoms with van der Waals surface area (Å²) < 4.78 is 0. The summed E-state index contributed by atoms with van der Waals surface area (Å²) >= 11 is 0. The lowest BCUT2D eigenvalue weighted by molar-refractivity contribution is 0.158. The van der Waals surface area contributed by atoms with E-state index in [1.807, 2.05) is 0 Å². The van der Waals surface area contributed by atoms with E-state index in [9.17, 15) is 0 Å². The van der Waals surface area contributed by atoms with Crippen molar-refractivity contribution in [2.24, 2.45) is 11.1 Å². The molecular weight excluding hydrogens is 555 g/mol. The Kier molecular flexibility index (Phi) is 37.7. The van der Waals surface area contributed by atoms with Crippen LogP contribution in [-0.4, -0.2) is 6.04 Å². The van der Waals surface area contributed by atoms with Gasteiger partial charge in [-0.25, -0.2) is 0 Å². The first-order valence-corrected chi connectivity index (χ1v) is 22.4. The van der Waals surface area contributed by atoms with Gasteiger partial charge in [-0.3, -0.25) is 0 Å². The zero-order valence-corrected chi connectivity index (χ0v) is 33.2. The minimum absolute atomic E-state index is 0.348. The molecule has 0 aromatic rings. The Labute approximate surface area is 294 Å². The minimum atomic E-state index is 0.348. The summed E-state index contributed by atoms with van der Waals surface area (Å²) in [6, 6.07) is 0.348. The number of rotatable bonds is 40. The zero-order valence-electron chi connectivity index (χ0n) is 33.2. The average molecular weight is 648 g/mol. The second-order valence-corrected chi connectivity index (χ2v) is 16.1. The van der Waals surface area contributed by atoms with Gasteiger partial charge in [0.2, 0.25) is 0 Å². The summed E-state index contributed by atoms with van der Waals surface area (Å²) in [6.45, 7) is 9.31. The molecule has 0 aliphatic rings. The zero-order chi connectivity index (χ0) is 33.7. The van der Waals surface area contributed by atoms with Crippen LogP contribution in [0.1, 0.15) is 278 Å². The maximum Gasteiger partial charge on any atom is 0.00670 e. The highest BCUT2D eigenvalue weighted by molar-refractivity contribution is 4.87.